The van der Waals surface area contributed by atoms with Crippen molar-refractivity contribution in [1.82, 2.24) is 14.9 Å². The molecular weight excluding hydrogens is 267 g/mol. The van der Waals surface area contributed by atoms with E-state index < -0.39 is 17.8 Å². The van der Waals surface area contributed by atoms with Gasteiger partial charge < -0.3 is 9.88 Å². The lowest BCUT2D eigenvalue weighted by molar-refractivity contribution is -0.138. The first kappa shape index (κ1) is 14.6. The minimum absolute atomic E-state index is 0.191. The van der Waals surface area contributed by atoms with Crippen LogP contribution in [0.2, 0.25) is 0 Å². The van der Waals surface area contributed by atoms with E-state index in [9.17, 15) is 13.2 Å². The van der Waals surface area contributed by atoms with Crippen LogP contribution in [0, 0.1) is 0 Å². The zero-order chi connectivity index (χ0) is 14.8. The Morgan fingerprint density at radius 1 is 1.30 bits per heavy atom. The van der Waals surface area contributed by atoms with Gasteiger partial charge in [-0.3, -0.25) is 0 Å². The van der Waals surface area contributed by atoms with Crippen LogP contribution in [0.15, 0.2) is 36.7 Å². The predicted octanol–water partition coefficient (Wildman–Crippen LogP) is 3.14. The first-order chi connectivity index (χ1) is 9.45. The van der Waals surface area contributed by atoms with E-state index in [1.165, 1.54) is 12.1 Å². The summed E-state index contributed by atoms with van der Waals surface area (Å²) >= 11 is 0. The van der Waals surface area contributed by atoms with E-state index in [2.05, 4.69) is 10.3 Å². The highest BCUT2D eigenvalue weighted by Gasteiger charge is 2.35. The molecule has 0 aliphatic heterocycles. The quantitative estimate of drug-likeness (QED) is 0.934. The molecule has 0 spiro atoms. The molecule has 0 amide bonds. The molecule has 108 valence electrons. The number of benzene rings is 1. The van der Waals surface area contributed by atoms with Gasteiger partial charge in [0.2, 0.25) is 0 Å². The third-order valence-corrected chi connectivity index (χ3v) is 3.10. The number of nitrogens with one attached hydrogen (secondary N) is 1. The second-order valence-electron chi connectivity index (χ2n) is 4.47. The molecule has 0 aliphatic carbocycles. The maximum atomic E-state index is 13.1. The average Bonchev–Trinajstić information content (AvgIpc) is 2.81. The van der Waals surface area contributed by atoms with Crippen molar-refractivity contribution in [3.05, 3.63) is 53.6 Å². The fourth-order valence-electron chi connectivity index (χ4n) is 2.21. The van der Waals surface area contributed by atoms with E-state index in [1.807, 2.05) is 6.92 Å². The zero-order valence-corrected chi connectivity index (χ0v) is 11.3. The minimum Gasteiger partial charge on any atom is -0.336 e. The van der Waals surface area contributed by atoms with Gasteiger partial charge in [0, 0.05) is 19.4 Å². The number of imidazole rings is 1. The molecule has 2 aromatic rings. The van der Waals surface area contributed by atoms with Crippen molar-refractivity contribution in [2.75, 3.05) is 6.54 Å². The molecule has 1 aromatic carbocycles. The molecular formula is C14H16F3N3. The summed E-state index contributed by atoms with van der Waals surface area (Å²) in [6, 6.07) is 5.01. The summed E-state index contributed by atoms with van der Waals surface area (Å²) in [7, 11) is 1.77. The van der Waals surface area contributed by atoms with Crippen LogP contribution >= 0.6 is 0 Å². The van der Waals surface area contributed by atoms with Crippen LogP contribution < -0.4 is 5.32 Å². The fraction of sp³-hybridized carbons (Fsp3) is 0.357. The van der Waals surface area contributed by atoms with Crippen LogP contribution in [-0.2, 0) is 13.2 Å². The van der Waals surface area contributed by atoms with E-state index in [4.69, 9.17) is 0 Å². The van der Waals surface area contributed by atoms with Crippen molar-refractivity contribution in [3.63, 3.8) is 0 Å². The third kappa shape index (κ3) is 2.85. The van der Waals surface area contributed by atoms with Crippen molar-refractivity contribution in [1.29, 1.82) is 0 Å². The molecule has 2 rings (SSSR count). The van der Waals surface area contributed by atoms with Crippen molar-refractivity contribution in [3.8, 4) is 0 Å². The monoisotopic (exact) mass is 283 g/mol. The molecule has 1 heterocycles. The van der Waals surface area contributed by atoms with Crippen LogP contribution in [-0.4, -0.2) is 16.1 Å². The van der Waals surface area contributed by atoms with Gasteiger partial charge in [0.15, 0.2) is 0 Å². The largest absolute Gasteiger partial charge is 0.416 e. The first-order valence-corrected chi connectivity index (χ1v) is 6.32. The normalized spacial score (nSPS) is 13.4. The molecule has 0 radical (unpaired) electrons. The lowest BCUT2D eigenvalue weighted by atomic mass is 9.99. The molecule has 1 atom stereocenters. The Kier molecular flexibility index (Phi) is 4.13. The van der Waals surface area contributed by atoms with E-state index in [0.717, 1.165) is 6.07 Å². The van der Waals surface area contributed by atoms with Gasteiger partial charge in [-0.2, -0.15) is 13.2 Å². The third-order valence-electron chi connectivity index (χ3n) is 3.10. The Morgan fingerprint density at radius 3 is 2.55 bits per heavy atom. The molecule has 0 aliphatic rings. The van der Waals surface area contributed by atoms with Crippen molar-refractivity contribution in [2.45, 2.75) is 19.1 Å². The summed E-state index contributed by atoms with van der Waals surface area (Å²) in [6.07, 6.45) is -1.08. The molecule has 1 N–H and O–H groups in total. The summed E-state index contributed by atoms with van der Waals surface area (Å²) in [4.78, 5) is 4.17. The molecule has 1 aromatic heterocycles. The summed E-state index contributed by atoms with van der Waals surface area (Å²) in [5, 5.41) is 3.07. The number of halogens is 3. The van der Waals surface area contributed by atoms with Gasteiger partial charge in [0.25, 0.3) is 0 Å². The highest BCUT2D eigenvalue weighted by Crippen LogP contribution is 2.35. The van der Waals surface area contributed by atoms with Gasteiger partial charge in [-0.25, -0.2) is 4.98 Å². The fourth-order valence-corrected chi connectivity index (χ4v) is 2.21. The van der Waals surface area contributed by atoms with Gasteiger partial charge >= 0.3 is 6.18 Å². The Hall–Kier alpha value is -1.82. The van der Waals surface area contributed by atoms with Crippen LogP contribution in [0.25, 0.3) is 0 Å². The predicted molar refractivity (Wildman–Crippen MR) is 70.2 cm³/mol. The molecule has 3 nitrogen and oxygen atoms in total. The van der Waals surface area contributed by atoms with Crippen LogP contribution in [0.4, 0.5) is 13.2 Å². The lowest BCUT2D eigenvalue weighted by Crippen LogP contribution is -2.27. The highest BCUT2D eigenvalue weighted by molar-refractivity contribution is 5.35. The number of aromatic nitrogens is 2. The number of hydrogen-bond acceptors (Lipinski definition) is 2. The Morgan fingerprint density at radius 2 is 2.00 bits per heavy atom. The number of nitrogens with zero attached hydrogens (tertiary/aromatic N) is 2. The van der Waals surface area contributed by atoms with Gasteiger partial charge in [0.05, 0.1) is 11.6 Å². The van der Waals surface area contributed by atoms with Crippen molar-refractivity contribution < 1.29 is 13.2 Å². The van der Waals surface area contributed by atoms with Gasteiger partial charge in [-0.1, -0.05) is 25.1 Å². The molecule has 0 saturated heterocycles. The molecule has 20 heavy (non-hydrogen) atoms. The van der Waals surface area contributed by atoms with Gasteiger partial charge in [0.1, 0.15) is 5.82 Å². The molecule has 0 saturated carbocycles. The van der Waals surface area contributed by atoms with Gasteiger partial charge in [-0.05, 0) is 18.2 Å². The van der Waals surface area contributed by atoms with E-state index in [-0.39, 0.29) is 5.56 Å². The minimum atomic E-state index is -4.38. The summed E-state index contributed by atoms with van der Waals surface area (Å²) in [5.41, 5.74) is -0.440. The molecule has 1 unspecified atom stereocenters. The highest BCUT2D eigenvalue weighted by atomic mass is 19.4. The Labute approximate surface area is 115 Å². The van der Waals surface area contributed by atoms with E-state index >= 15 is 0 Å². The maximum Gasteiger partial charge on any atom is 0.416 e. The smallest absolute Gasteiger partial charge is 0.336 e. The van der Waals surface area contributed by atoms with Crippen LogP contribution in [0.5, 0.6) is 0 Å². The number of aryl methyl sites for hydroxylation is 1. The van der Waals surface area contributed by atoms with Crippen molar-refractivity contribution in [2.24, 2.45) is 7.05 Å². The molecule has 0 bridgehead atoms. The second-order valence-corrected chi connectivity index (χ2v) is 4.47. The number of hydrogen-bond donors (Lipinski definition) is 1. The standard InChI is InChI=1S/C14H16F3N3/c1-3-18-12(13-19-8-9-20(13)2)10-6-4-5-7-11(10)14(15,16)17/h4-9,12,18H,3H2,1-2H3. The van der Waals surface area contributed by atoms with Gasteiger partial charge in [-0.15, -0.1) is 0 Å². The Balaban J connectivity index is 2.54. The van der Waals surface area contributed by atoms with Crippen LogP contribution in [0.1, 0.15) is 29.9 Å². The number of alkyl halides is 3. The summed E-state index contributed by atoms with van der Waals surface area (Å²) < 4.78 is 41.1. The second kappa shape index (κ2) is 5.66. The SMILES string of the molecule is CCNC(c1ccccc1C(F)(F)F)c1nccn1C. The number of rotatable bonds is 4. The van der Waals surface area contributed by atoms with Crippen molar-refractivity contribution >= 4 is 0 Å². The molecule has 6 heteroatoms. The maximum absolute atomic E-state index is 13.1. The van der Waals surface area contributed by atoms with E-state index in [0.29, 0.717) is 12.4 Å². The van der Waals surface area contributed by atoms with E-state index in [1.54, 1.807) is 30.1 Å². The summed E-state index contributed by atoms with van der Waals surface area (Å²) in [5.74, 6) is 0.559. The lowest BCUT2D eigenvalue weighted by Gasteiger charge is -2.22. The average molecular weight is 283 g/mol. The zero-order valence-electron chi connectivity index (χ0n) is 11.3. The van der Waals surface area contributed by atoms with Crippen LogP contribution in [0.3, 0.4) is 0 Å². The Bertz CT molecular complexity index is 575. The molecule has 0 fully saturated rings. The topological polar surface area (TPSA) is 29.9 Å². The summed E-state index contributed by atoms with van der Waals surface area (Å²) in [6.45, 7) is 2.40. The first-order valence-electron chi connectivity index (χ1n) is 6.32.